The van der Waals surface area contributed by atoms with Crippen molar-refractivity contribution in [3.63, 3.8) is 0 Å². The maximum atomic E-state index is 12.4. The maximum Gasteiger partial charge on any atom is 0.311 e. The van der Waals surface area contributed by atoms with Crippen molar-refractivity contribution in [3.05, 3.63) is 29.8 Å². The minimum Gasteiger partial charge on any atom is -0.490 e. The van der Waals surface area contributed by atoms with Crippen LogP contribution in [0.2, 0.25) is 0 Å². The zero-order chi connectivity index (χ0) is 17.9. The Labute approximate surface area is 149 Å². The number of amides is 1. The Bertz CT molecular complexity index is 638. The van der Waals surface area contributed by atoms with Crippen molar-refractivity contribution in [1.29, 1.82) is 0 Å². The standard InChI is InChI=1S/C20H27NO4/c1-20(19(23)24)11-12-21(14-20)18(22)10-9-15-5-4-8-17(13-15)25-16-6-2-3-7-16/h4-5,8,13,16H,2-3,6-7,9-12,14H2,1H3,(H,23,24)/t20-/m1/s1. The minimum absolute atomic E-state index is 0.0343. The van der Waals surface area contributed by atoms with Crippen LogP contribution in [0, 0.1) is 5.41 Å². The van der Waals surface area contributed by atoms with Crippen molar-refractivity contribution in [1.82, 2.24) is 4.90 Å². The average Bonchev–Trinajstić information content (AvgIpc) is 3.23. The van der Waals surface area contributed by atoms with Gasteiger partial charge < -0.3 is 14.7 Å². The molecule has 0 spiro atoms. The van der Waals surface area contributed by atoms with Gasteiger partial charge in [0.05, 0.1) is 11.5 Å². The van der Waals surface area contributed by atoms with E-state index in [2.05, 4.69) is 0 Å². The van der Waals surface area contributed by atoms with E-state index in [-0.39, 0.29) is 5.91 Å². The summed E-state index contributed by atoms with van der Waals surface area (Å²) in [6.45, 7) is 2.56. The number of carboxylic acids is 1. The second-order valence-corrected chi connectivity index (χ2v) is 7.60. The number of hydrogen-bond donors (Lipinski definition) is 1. The van der Waals surface area contributed by atoms with Gasteiger partial charge in [-0.1, -0.05) is 12.1 Å². The first-order valence-electron chi connectivity index (χ1n) is 9.23. The van der Waals surface area contributed by atoms with E-state index in [0.717, 1.165) is 24.2 Å². The Morgan fingerprint density at radius 1 is 1.32 bits per heavy atom. The summed E-state index contributed by atoms with van der Waals surface area (Å²) < 4.78 is 6.02. The highest BCUT2D eigenvalue weighted by Gasteiger charge is 2.41. The van der Waals surface area contributed by atoms with Crippen LogP contribution in [0.15, 0.2) is 24.3 Å². The molecule has 1 aromatic carbocycles. The monoisotopic (exact) mass is 345 g/mol. The van der Waals surface area contributed by atoms with Crippen LogP contribution in [0.25, 0.3) is 0 Å². The SMILES string of the molecule is C[C@@]1(C(=O)O)CCN(C(=O)CCc2cccc(OC3CCCC3)c2)C1. The van der Waals surface area contributed by atoms with Crippen molar-refractivity contribution in [2.24, 2.45) is 5.41 Å². The summed E-state index contributed by atoms with van der Waals surface area (Å²) in [6.07, 6.45) is 6.64. The fraction of sp³-hybridized carbons (Fsp3) is 0.600. The predicted octanol–water partition coefficient (Wildman–Crippen LogP) is 3.26. The van der Waals surface area contributed by atoms with Crippen LogP contribution in [0.3, 0.4) is 0 Å². The van der Waals surface area contributed by atoms with Gasteiger partial charge in [0.25, 0.3) is 0 Å². The molecule has 2 aliphatic rings. The van der Waals surface area contributed by atoms with Gasteiger partial charge in [-0.3, -0.25) is 9.59 Å². The number of benzene rings is 1. The quantitative estimate of drug-likeness (QED) is 0.859. The number of carboxylic acid groups (broad SMARTS) is 1. The van der Waals surface area contributed by atoms with E-state index in [1.54, 1.807) is 11.8 Å². The number of carbonyl (C=O) groups is 2. The largest absolute Gasteiger partial charge is 0.490 e. The molecule has 1 aromatic rings. The number of rotatable bonds is 6. The summed E-state index contributed by atoms with van der Waals surface area (Å²) in [5.74, 6) is 0.100. The highest BCUT2D eigenvalue weighted by molar-refractivity contribution is 5.80. The Morgan fingerprint density at radius 3 is 2.76 bits per heavy atom. The van der Waals surface area contributed by atoms with Gasteiger partial charge in [0, 0.05) is 19.5 Å². The fourth-order valence-corrected chi connectivity index (χ4v) is 3.73. The average molecular weight is 345 g/mol. The van der Waals surface area contributed by atoms with Crippen LogP contribution in [0.5, 0.6) is 5.75 Å². The number of nitrogens with zero attached hydrogens (tertiary/aromatic N) is 1. The lowest BCUT2D eigenvalue weighted by atomic mass is 9.90. The normalized spacial score (nSPS) is 23.8. The van der Waals surface area contributed by atoms with Crippen LogP contribution >= 0.6 is 0 Å². The summed E-state index contributed by atoms with van der Waals surface area (Å²) in [7, 11) is 0. The Kier molecular flexibility index (Phi) is 5.30. The van der Waals surface area contributed by atoms with Crippen LogP contribution in [-0.4, -0.2) is 41.1 Å². The van der Waals surface area contributed by atoms with Crippen molar-refractivity contribution >= 4 is 11.9 Å². The molecule has 136 valence electrons. The van der Waals surface area contributed by atoms with Gasteiger partial charge in [-0.05, 0) is 63.1 Å². The molecule has 25 heavy (non-hydrogen) atoms. The molecule has 0 bridgehead atoms. The van der Waals surface area contributed by atoms with E-state index in [4.69, 9.17) is 4.74 Å². The summed E-state index contributed by atoms with van der Waals surface area (Å²) in [4.78, 5) is 25.4. The molecule has 0 aromatic heterocycles. The van der Waals surface area contributed by atoms with Crippen molar-refractivity contribution in [2.45, 2.75) is 58.0 Å². The van der Waals surface area contributed by atoms with Gasteiger partial charge in [-0.15, -0.1) is 0 Å². The molecule has 3 rings (SSSR count). The molecule has 1 N–H and O–H groups in total. The first kappa shape index (κ1) is 17.8. The van der Waals surface area contributed by atoms with Crippen LogP contribution < -0.4 is 4.74 Å². The third-order valence-corrected chi connectivity index (χ3v) is 5.47. The second-order valence-electron chi connectivity index (χ2n) is 7.60. The molecule has 1 saturated carbocycles. The smallest absolute Gasteiger partial charge is 0.311 e. The molecule has 1 aliphatic heterocycles. The number of ether oxygens (including phenoxy) is 1. The van der Waals surface area contributed by atoms with Crippen molar-refractivity contribution in [3.8, 4) is 5.75 Å². The Hall–Kier alpha value is -2.04. The number of aliphatic carboxylic acids is 1. The highest BCUT2D eigenvalue weighted by Crippen LogP contribution is 2.30. The lowest BCUT2D eigenvalue weighted by Gasteiger charge is -2.20. The molecule has 1 saturated heterocycles. The second kappa shape index (κ2) is 7.46. The van der Waals surface area contributed by atoms with Gasteiger partial charge in [-0.2, -0.15) is 0 Å². The molecule has 0 radical (unpaired) electrons. The van der Waals surface area contributed by atoms with Gasteiger partial charge in [0.2, 0.25) is 5.91 Å². The number of likely N-dealkylation sites (tertiary alicyclic amines) is 1. The topological polar surface area (TPSA) is 66.8 Å². The van der Waals surface area contributed by atoms with Gasteiger partial charge in [-0.25, -0.2) is 0 Å². The Morgan fingerprint density at radius 2 is 2.08 bits per heavy atom. The van der Waals surface area contributed by atoms with Crippen molar-refractivity contribution in [2.75, 3.05) is 13.1 Å². The van der Waals surface area contributed by atoms with Crippen LogP contribution in [0.4, 0.5) is 0 Å². The van der Waals surface area contributed by atoms with E-state index in [1.165, 1.54) is 12.8 Å². The summed E-state index contributed by atoms with van der Waals surface area (Å²) >= 11 is 0. The lowest BCUT2D eigenvalue weighted by molar-refractivity contribution is -0.147. The van der Waals surface area contributed by atoms with E-state index in [0.29, 0.717) is 38.5 Å². The lowest BCUT2D eigenvalue weighted by Crippen LogP contribution is -2.34. The zero-order valence-corrected chi connectivity index (χ0v) is 14.9. The van der Waals surface area contributed by atoms with E-state index in [9.17, 15) is 14.7 Å². The molecule has 5 heteroatoms. The minimum atomic E-state index is -0.820. The van der Waals surface area contributed by atoms with Gasteiger partial charge in [0.15, 0.2) is 0 Å². The number of hydrogen-bond acceptors (Lipinski definition) is 3. The van der Waals surface area contributed by atoms with Crippen LogP contribution in [0.1, 0.15) is 51.0 Å². The molecular weight excluding hydrogens is 318 g/mol. The molecule has 5 nitrogen and oxygen atoms in total. The highest BCUT2D eigenvalue weighted by atomic mass is 16.5. The molecular formula is C20H27NO4. The first-order chi connectivity index (χ1) is 12.0. The van der Waals surface area contributed by atoms with E-state index in [1.807, 2.05) is 24.3 Å². The fourth-order valence-electron chi connectivity index (χ4n) is 3.73. The number of aryl methyl sites for hydroxylation is 1. The predicted molar refractivity (Wildman–Crippen MR) is 94.6 cm³/mol. The van der Waals surface area contributed by atoms with E-state index < -0.39 is 11.4 Å². The molecule has 1 heterocycles. The van der Waals surface area contributed by atoms with E-state index >= 15 is 0 Å². The molecule has 1 amide bonds. The summed E-state index contributed by atoms with van der Waals surface area (Å²) in [6, 6.07) is 7.99. The van der Waals surface area contributed by atoms with Crippen LogP contribution in [-0.2, 0) is 16.0 Å². The summed E-state index contributed by atoms with van der Waals surface area (Å²) in [5, 5.41) is 9.28. The van der Waals surface area contributed by atoms with Crippen molar-refractivity contribution < 1.29 is 19.4 Å². The third-order valence-electron chi connectivity index (χ3n) is 5.47. The third kappa shape index (κ3) is 4.33. The maximum absolute atomic E-state index is 12.4. The molecule has 1 aliphatic carbocycles. The Balaban J connectivity index is 1.51. The molecule has 1 atom stereocenters. The van der Waals surface area contributed by atoms with Gasteiger partial charge >= 0.3 is 5.97 Å². The number of carbonyl (C=O) groups excluding carboxylic acids is 1. The molecule has 0 unspecified atom stereocenters. The van der Waals surface area contributed by atoms with Gasteiger partial charge in [0.1, 0.15) is 5.75 Å². The zero-order valence-electron chi connectivity index (χ0n) is 14.9. The summed E-state index contributed by atoms with van der Waals surface area (Å²) in [5.41, 5.74) is 0.286. The molecule has 2 fully saturated rings. The first-order valence-corrected chi connectivity index (χ1v) is 9.23.